The Bertz CT molecular complexity index is 662. The van der Waals surface area contributed by atoms with Gasteiger partial charge in [0.1, 0.15) is 5.01 Å². The molecule has 2 aromatic rings. The van der Waals surface area contributed by atoms with E-state index in [4.69, 9.17) is 11.6 Å². The molecule has 0 amide bonds. The molecule has 0 aliphatic heterocycles. The molecule has 0 bridgehead atoms. The average molecular weight is 324 g/mol. The molecule has 2 rings (SSSR count). The first-order valence-corrected chi connectivity index (χ1v) is 8.48. The van der Waals surface area contributed by atoms with Crippen LogP contribution in [0.2, 0.25) is 4.47 Å². The molecule has 0 spiro atoms. The van der Waals surface area contributed by atoms with Gasteiger partial charge < -0.3 is 0 Å². The number of hydrogen-bond donors (Lipinski definition) is 1. The largest absolute Gasteiger partial charge is 0.252 e. The van der Waals surface area contributed by atoms with Crippen molar-refractivity contribution >= 4 is 44.3 Å². The molecule has 9 heteroatoms. The van der Waals surface area contributed by atoms with E-state index in [0.29, 0.717) is 5.69 Å². The number of aryl methyl sites for hydroxylation is 2. The third-order valence-electron chi connectivity index (χ3n) is 2.05. The zero-order valence-corrected chi connectivity index (χ0v) is 12.8. The Morgan fingerprint density at radius 3 is 2.61 bits per heavy atom. The van der Waals surface area contributed by atoms with Crippen molar-refractivity contribution in [2.24, 2.45) is 0 Å². The van der Waals surface area contributed by atoms with E-state index in [-0.39, 0.29) is 15.2 Å². The minimum absolute atomic E-state index is 0.153. The lowest BCUT2D eigenvalue weighted by molar-refractivity contribution is 0.582. The van der Waals surface area contributed by atoms with E-state index in [1.165, 1.54) is 11.3 Å². The number of hydrogen-bond acceptors (Lipinski definition) is 6. The van der Waals surface area contributed by atoms with Crippen molar-refractivity contribution < 1.29 is 8.42 Å². The summed E-state index contributed by atoms with van der Waals surface area (Å²) in [6.45, 7) is 3.65. The van der Waals surface area contributed by atoms with Crippen molar-refractivity contribution in [3.8, 4) is 0 Å². The van der Waals surface area contributed by atoms with Gasteiger partial charge in [0, 0.05) is 11.1 Å². The molecular weight excluding hydrogens is 314 g/mol. The van der Waals surface area contributed by atoms with Crippen LogP contribution in [-0.4, -0.2) is 18.4 Å². The molecule has 0 aromatic carbocycles. The Morgan fingerprint density at radius 2 is 2.11 bits per heavy atom. The van der Waals surface area contributed by atoms with E-state index in [2.05, 4.69) is 14.7 Å². The summed E-state index contributed by atoms with van der Waals surface area (Å²) in [5, 5.41) is 2.60. The summed E-state index contributed by atoms with van der Waals surface area (Å²) in [7, 11) is -3.57. The standard InChI is InChI=1S/C9H10ClN3O2S3/c1-5-4-16-7(12-5)3-11-18(14,15)8-6(2)13-9(10)17-8/h4,11H,3H2,1-2H3. The molecule has 1 N–H and O–H groups in total. The minimum Gasteiger partial charge on any atom is -0.245 e. The second-order valence-electron chi connectivity index (χ2n) is 3.55. The summed E-state index contributed by atoms with van der Waals surface area (Å²) in [6.07, 6.45) is 0. The fourth-order valence-electron chi connectivity index (χ4n) is 1.31. The van der Waals surface area contributed by atoms with Crippen LogP contribution in [0.5, 0.6) is 0 Å². The van der Waals surface area contributed by atoms with Crippen LogP contribution < -0.4 is 4.72 Å². The normalized spacial score (nSPS) is 11.9. The van der Waals surface area contributed by atoms with E-state index in [1.807, 2.05) is 12.3 Å². The molecular formula is C9H10ClN3O2S3. The van der Waals surface area contributed by atoms with Crippen LogP contribution in [0.3, 0.4) is 0 Å². The predicted octanol–water partition coefficient (Wildman–Crippen LogP) is 2.35. The molecule has 0 aliphatic carbocycles. The smallest absolute Gasteiger partial charge is 0.245 e. The minimum atomic E-state index is -3.57. The van der Waals surface area contributed by atoms with Crippen LogP contribution in [0.25, 0.3) is 0 Å². The molecule has 0 fully saturated rings. The number of nitrogens with one attached hydrogen (secondary N) is 1. The quantitative estimate of drug-likeness (QED) is 0.937. The van der Waals surface area contributed by atoms with Gasteiger partial charge >= 0.3 is 0 Å². The second-order valence-corrected chi connectivity index (χ2v) is 8.03. The van der Waals surface area contributed by atoms with Crippen LogP contribution in [0.1, 0.15) is 16.4 Å². The van der Waals surface area contributed by atoms with Gasteiger partial charge in [-0.05, 0) is 13.8 Å². The molecule has 0 aliphatic rings. The highest BCUT2D eigenvalue weighted by molar-refractivity contribution is 7.91. The van der Waals surface area contributed by atoms with E-state index in [1.54, 1.807) is 6.92 Å². The maximum atomic E-state index is 12.0. The topological polar surface area (TPSA) is 72.0 Å². The van der Waals surface area contributed by atoms with Gasteiger partial charge in [-0.3, -0.25) is 0 Å². The molecule has 0 radical (unpaired) electrons. The SMILES string of the molecule is Cc1csc(CNS(=O)(=O)c2sc(Cl)nc2C)n1. The van der Waals surface area contributed by atoms with E-state index in [0.717, 1.165) is 22.0 Å². The third kappa shape index (κ3) is 3.07. The van der Waals surface area contributed by atoms with E-state index in [9.17, 15) is 8.42 Å². The Balaban J connectivity index is 2.15. The number of sulfonamides is 1. The maximum Gasteiger partial charge on any atom is 0.252 e. The van der Waals surface area contributed by atoms with Crippen LogP contribution in [-0.2, 0) is 16.6 Å². The van der Waals surface area contributed by atoms with Crippen molar-refractivity contribution in [1.82, 2.24) is 14.7 Å². The molecule has 0 unspecified atom stereocenters. The summed E-state index contributed by atoms with van der Waals surface area (Å²) in [5.74, 6) is 0. The van der Waals surface area contributed by atoms with E-state index >= 15 is 0 Å². The first kappa shape index (κ1) is 13.9. The lowest BCUT2D eigenvalue weighted by atomic mass is 10.6. The number of aromatic nitrogens is 2. The number of halogens is 1. The summed E-state index contributed by atoms with van der Waals surface area (Å²) < 4.78 is 26.9. The second kappa shape index (κ2) is 5.22. The highest BCUT2D eigenvalue weighted by Gasteiger charge is 2.21. The van der Waals surface area contributed by atoms with Gasteiger partial charge in [0.25, 0.3) is 10.0 Å². The molecule has 2 heterocycles. The van der Waals surface area contributed by atoms with Gasteiger partial charge in [0.15, 0.2) is 8.68 Å². The van der Waals surface area contributed by atoms with Gasteiger partial charge in [0.05, 0.1) is 12.2 Å². The Kier molecular flexibility index (Phi) is 4.02. The summed E-state index contributed by atoms with van der Waals surface area (Å²) in [5.41, 5.74) is 1.29. The van der Waals surface area contributed by atoms with Gasteiger partial charge in [-0.1, -0.05) is 22.9 Å². The van der Waals surface area contributed by atoms with Gasteiger partial charge in [-0.25, -0.2) is 23.1 Å². The molecule has 18 heavy (non-hydrogen) atoms. The number of thiazole rings is 2. The highest BCUT2D eigenvalue weighted by Crippen LogP contribution is 2.26. The number of rotatable bonds is 4. The fraction of sp³-hybridized carbons (Fsp3) is 0.333. The summed E-state index contributed by atoms with van der Waals surface area (Å²) in [4.78, 5) is 8.08. The molecule has 0 saturated carbocycles. The van der Waals surface area contributed by atoms with Gasteiger partial charge in [-0.2, -0.15) is 0 Å². The first-order chi connectivity index (χ1) is 8.38. The van der Waals surface area contributed by atoms with Gasteiger partial charge in [0.2, 0.25) is 0 Å². The Labute approximate surface area is 118 Å². The average Bonchev–Trinajstić information content (AvgIpc) is 2.82. The van der Waals surface area contributed by atoms with Crippen LogP contribution in [0, 0.1) is 13.8 Å². The number of nitrogens with zero attached hydrogens (tertiary/aromatic N) is 2. The van der Waals surface area contributed by atoms with E-state index < -0.39 is 10.0 Å². The summed E-state index contributed by atoms with van der Waals surface area (Å²) >= 11 is 8.06. The first-order valence-electron chi connectivity index (χ1n) is 4.92. The van der Waals surface area contributed by atoms with Crippen LogP contribution >= 0.6 is 34.3 Å². The highest BCUT2D eigenvalue weighted by atomic mass is 35.5. The van der Waals surface area contributed by atoms with Gasteiger partial charge in [-0.15, -0.1) is 11.3 Å². The molecule has 5 nitrogen and oxygen atoms in total. The van der Waals surface area contributed by atoms with Crippen molar-refractivity contribution in [2.45, 2.75) is 24.6 Å². The van der Waals surface area contributed by atoms with Crippen molar-refractivity contribution in [2.75, 3.05) is 0 Å². The van der Waals surface area contributed by atoms with Crippen LogP contribution in [0.4, 0.5) is 0 Å². The Hall–Kier alpha value is -0.540. The molecule has 0 saturated heterocycles. The van der Waals surface area contributed by atoms with Crippen molar-refractivity contribution in [1.29, 1.82) is 0 Å². The third-order valence-corrected chi connectivity index (χ3v) is 6.29. The molecule has 2 aromatic heterocycles. The predicted molar refractivity (Wildman–Crippen MR) is 72.7 cm³/mol. The van der Waals surface area contributed by atoms with Crippen molar-refractivity contribution in [3.63, 3.8) is 0 Å². The lowest BCUT2D eigenvalue weighted by Gasteiger charge is -2.02. The lowest BCUT2D eigenvalue weighted by Crippen LogP contribution is -2.23. The van der Waals surface area contributed by atoms with Crippen molar-refractivity contribution in [3.05, 3.63) is 26.2 Å². The molecule has 98 valence electrons. The zero-order valence-electron chi connectivity index (χ0n) is 9.60. The monoisotopic (exact) mass is 323 g/mol. The molecule has 0 atom stereocenters. The maximum absolute atomic E-state index is 12.0. The summed E-state index contributed by atoms with van der Waals surface area (Å²) in [6, 6.07) is 0. The zero-order chi connectivity index (χ0) is 13.3. The fourth-order valence-corrected chi connectivity index (χ4v) is 4.88. The Morgan fingerprint density at radius 1 is 1.39 bits per heavy atom. The van der Waals surface area contributed by atoms with Crippen LogP contribution in [0.15, 0.2) is 9.59 Å².